The largest absolute Gasteiger partial charge is 0.469 e. The van der Waals surface area contributed by atoms with E-state index in [2.05, 4.69) is 27.7 Å². The molecule has 0 bridgehead atoms. The summed E-state index contributed by atoms with van der Waals surface area (Å²) in [6, 6.07) is 0. The summed E-state index contributed by atoms with van der Waals surface area (Å²) in [5, 5.41) is 12.1. The number of carbonyl (C=O) groups is 2. The second kappa shape index (κ2) is 8.89. The number of fused-ring (bicyclic) bond motifs is 4. The van der Waals surface area contributed by atoms with E-state index in [9.17, 15) is 14.7 Å². The topological polar surface area (TPSA) is 72.8 Å². The number of methoxy groups -OCH3 is 1. The van der Waals surface area contributed by atoms with Gasteiger partial charge < -0.3 is 14.6 Å². The van der Waals surface area contributed by atoms with E-state index < -0.39 is 0 Å². The zero-order valence-corrected chi connectivity index (χ0v) is 22.6. The first-order chi connectivity index (χ1) is 16.6. The molecule has 0 aromatic heterocycles. The monoisotopic (exact) mass is 486 g/mol. The summed E-state index contributed by atoms with van der Waals surface area (Å²) >= 11 is 0. The number of aliphatic hydroxyl groups is 1. The van der Waals surface area contributed by atoms with Crippen molar-refractivity contribution in [2.24, 2.45) is 52.3 Å². The molecule has 35 heavy (non-hydrogen) atoms. The zero-order valence-electron chi connectivity index (χ0n) is 22.6. The summed E-state index contributed by atoms with van der Waals surface area (Å²) in [5.74, 6) is 2.93. The maximum absolute atomic E-state index is 12.1. The molecule has 0 amide bonds. The minimum atomic E-state index is -0.281. The van der Waals surface area contributed by atoms with Crippen molar-refractivity contribution in [3.8, 4) is 0 Å². The van der Waals surface area contributed by atoms with Crippen molar-refractivity contribution in [3.63, 3.8) is 0 Å². The average Bonchev–Trinajstić information content (AvgIpc) is 3.35. The maximum atomic E-state index is 12.1. The van der Waals surface area contributed by atoms with E-state index in [1.807, 2.05) is 0 Å². The first-order valence-corrected chi connectivity index (χ1v) is 14.2. The molecule has 0 heterocycles. The van der Waals surface area contributed by atoms with Gasteiger partial charge in [-0.3, -0.25) is 9.59 Å². The molecule has 4 fully saturated rings. The van der Waals surface area contributed by atoms with E-state index in [1.54, 1.807) is 11.1 Å². The Labute approximate surface area is 211 Å². The standard InChI is InChI=1S/C30H46O5/c1-7-20-22-15-19(35-18(4)31)10-12-29(22,5)23-14-17(3)25-26-21(16(2)8-9-24(32)34-6)11-13-30(25,26)27(23)28(20)33/h16,19-23,26-28,33H,7-15H2,1-6H3/t16-,19-,20-,21-,22+,23?,26?,27?,28?,29+,30+/m1/s1. The summed E-state index contributed by atoms with van der Waals surface area (Å²) in [4.78, 5) is 23.5. The number of carbonyl (C=O) groups excluding carboxylic acids is 2. The molecule has 0 aromatic rings. The van der Waals surface area contributed by atoms with Crippen molar-refractivity contribution in [2.75, 3.05) is 7.11 Å². The smallest absolute Gasteiger partial charge is 0.305 e. The van der Waals surface area contributed by atoms with Crippen LogP contribution >= 0.6 is 0 Å². The van der Waals surface area contributed by atoms with Gasteiger partial charge in [-0.25, -0.2) is 0 Å². The van der Waals surface area contributed by atoms with E-state index in [4.69, 9.17) is 9.47 Å². The minimum Gasteiger partial charge on any atom is -0.469 e. The summed E-state index contributed by atoms with van der Waals surface area (Å²) in [5.41, 5.74) is 3.64. The number of esters is 2. The Morgan fingerprint density at radius 2 is 1.94 bits per heavy atom. The van der Waals surface area contributed by atoms with Crippen LogP contribution in [0.3, 0.4) is 0 Å². The molecule has 0 saturated heterocycles. The number of hydrogen-bond acceptors (Lipinski definition) is 5. The lowest BCUT2D eigenvalue weighted by atomic mass is 9.44. The van der Waals surface area contributed by atoms with E-state index in [-0.39, 0.29) is 40.9 Å². The number of ether oxygens (including phenoxy) is 2. The second-order valence-corrected chi connectivity index (χ2v) is 13.0. The van der Waals surface area contributed by atoms with Gasteiger partial charge in [-0.15, -0.1) is 0 Å². The van der Waals surface area contributed by atoms with E-state index >= 15 is 0 Å². The summed E-state index contributed by atoms with van der Waals surface area (Å²) < 4.78 is 10.6. The Morgan fingerprint density at radius 1 is 1.20 bits per heavy atom. The SMILES string of the molecule is CC[C@H]1C(O)C2C(CC(C)=C3C4[C@@H]([C@H](C)CCC(=O)OC)CC[C@@]324)[C@@]2(C)CC[C@@H](OC(C)=O)C[C@@H]12. The average molecular weight is 487 g/mol. The van der Waals surface area contributed by atoms with Crippen LogP contribution < -0.4 is 0 Å². The van der Waals surface area contributed by atoms with Gasteiger partial charge in [0.05, 0.1) is 13.2 Å². The van der Waals surface area contributed by atoms with Crippen LogP contribution in [0.4, 0.5) is 0 Å². The van der Waals surface area contributed by atoms with Crippen LogP contribution in [0.1, 0.15) is 92.4 Å². The van der Waals surface area contributed by atoms with Crippen LogP contribution in [-0.2, 0) is 19.1 Å². The Bertz CT molecular complexity index is 908. The quantitative estimate of drug-likeness (QED) is 0.385. The third-order valence-electron chi connectivity index (χ3n) is 11.7. The molecule has 5 rings (SSSR count). The van der Waals surface area contributed by atoms with Gasteiger partial charge in [-0.1, -0.05) is 38.3 Å². The molecule has 5 heteroatoms. The lowest BCUT2D eigenvalue weighted by Gasteiger charge is -2.62. The van der Waals surface area contributed by atoms with Crippen LogP contribution in [-0.4, -0.2) is 36.4 Å². The number of hydrogen-bond donors (Lipinski definition) is 1. The lowest BCUT2D eigenvalue weighted by molar-refractivity contribution is -0.186. The molecule has 196 valence electrons. The normalized spacial score (nSPS) is 46.6. The second-order valence-electron chi connectivity index (χ2n) is 13.0. The van der Waals surface area contributed by atoms with Crippen molar-refractivity contribution < 1.29 is 24.2 Å². The van der Waals surface area contributed by atoms with Gasteiger partial charge in [-0.2, -0.15) is 0 Å². The predicted molar refractivity (Wildman–Crippen MR) is 134 cm³/mol. The Morgan fingerprint density at radius 3 is 2.60 bits per heavy atom. The molecule has 5 aliphatic rings. The van der Waals surface area contributed by atoms with Gasteiger partial charge in [0.2, 0.25) is 0 Å². The highest BCUT2D eigenvalue weighted by atomic mass is 16.5. The van der Waals surface area contributed by atoms with Crippen LogP contribution in [0.25, 0.3) is 0 Å². The van der Waals surface area contributed by atoms with Crippen LogP contribution in [0.5, 0.6) is 0 Å². The highest BCUT2D eigenvalue weighted by Crippen LogP contribution is 2.82. The third-order valence-corrected chi connectivity index (χ3v) is 11.7. The zero-order chi connectivity index (χ0) is 25.3. The Kier molecular flexibility index (Phi) is 6.42. The van der Waals surface area contributed by atoms with E-state index in [0.717, 1.165) is 38.5 Å². The van der Waals surface area contributed by atoms with Gasteiger partial charge in [0.15, 0.2) is 0 Å². The first kappa shape index (κ1) is 25.3. The predicted octanol–water partition coefficient (Wildman–Crippen LogP) is 5.69. The van der Waals surface area contributed by atoms with E-state index in [1.165, 1.54) is 26.9 Å². The fraction of sp³-hybridized carbons (Fsp3) is 0.867. The molecule has 5 aliphatic carbocycles. The van der Waals surface area contributed by atoms with Crippen LogP contribution in [0.15, 0.2) is 11.1 Å². The van der Waals surface area contributed by atoms with Crippen molar-refractivity contribution in [1.29, 1.82) is 0 Å². The minimum absolute atomic E-state index is 0.00229. The molecule has 0 aromatic carbocycles. The maximum Gasteiger partial charge on any atom is 0.305 e. The fourth-order valence-corrected chi connectivity index (χ4v) is 10.3. The third kappa shape index (κ3) is 3.65. The fourth-order valence-electron chi connectivity index (χ4n) is 10.3. The lowest BCUT2D eigenvalue weighted by Crippen LogP contribution is -2.60. The Hall–Kier alpha value is -1.36. The van der Waals surface area contributed by atoms with E-state index in [0.29, 0.717) is 41.9 Å². The van der Waals surface area contributed by atoms with Crippen molar-refractivity contribution in [2.45, 2.75) is 105 Å². The van der Waals surface area contributed by atoms with Crippen molar-refractivity contribution in [1.82, 2.24) is 0 Å². The highest BCUT2D eigenvalue weighted by molar-refractivity contribution is 5.69. The number of rotatable bonds is 6. The molecule has 4 unspecified atom stereocenters. The van der Waals surface area contributed by atoms with Crippen molar-refractivity contribution in [3.05, 3.63) is 11.1 Å². The van der Waals surface area contributed by atoms with Gasteiger partial charge >= 0.3 is 11.9 Å². The molecular formula is C30H46O5. The molecule has 1 N–H and O–H groups in total. The molecule has 0 radical (unpaired) electrons. The molecule has 11 atom stereocenters. The number of allylic oxidation sites excluding steroid dienone is 2. The first-order valence-electron chi connectivity index (χ1n) is 14.2. The van der Waals surface area contributed by atoms with Crippen LogP contribution in [0.2, 0.25) is 0 Å². The van der Waals surface area contributed by atoms with Gasteiger partial charge in [-0.05, 0) is 98.7 Å². The molecular weight excluding hydrogens is 440 g/mol. The van der Waals surface area contributed by atoms with Gasteiger partial charge in [0.1, 0.15) is 6.10 Å². The summed E-state index contributed by atoms with van der Waals surface area (Å²) in [7, 11) is 1.48. The molecule has 5 nitrogen and oxygen atoms in total. The summed E-state index contributed by atoms with van der Waals surface area (Å²) in [6.07, 6.45) is 8.54. The highest BCUT2D eigenvalue weighted by Gasteiger charge is 2.76. The Balaban J connectivity index is 1.43. The summed E-state index contributed by atoms with van der Waals surface area (Å²) in [6.45, 7) is 10.9. The molecule has 0 aliphatic heterocycles. The van der Waals surface area contributed by atoms with Crippen molar-refractivity contribution >= 4 is 11.9 Å². The number of aliphatic hydroxyl groups excluding tert-OH is 1. The van der Waals surface area contributed by atoms with Gasteiger partial charge in [0.25, 0.3) is 0 Å². The van der Waals surface area contributed by atoms with Crippen LogP contribution in [0, 0.1) is 52.3 Å². The molecule has 4 saturated carbocycles. The molecule has 1 spiro atoms. The van der Waals surface area contributed by atoms with Gasteiger partial charge in [0, 0.05) is 18.8 Å².